The van der Waals surface area contributed by atoms with Crippen molar-refractivity contribution in [3.63, 3.8) is 0 Å². The monoisotopic (exact) mass is 386 g/mol. The number of hydrogen-bond acceptors (Lipinski definition) is 2. The van der Waals surface area contributed by atoms with Crippen LogP contribution in [0, 0.1) is 5.92 Å². The highest BCUT2D eigenvalue weighted by Crippen LogP contribution is 2.40. The zero-order valence-electron chi connectivity index (χ0n) is 17.6. The second-order valence-electron chi connectivity index (χ2n) is 8.47. The van der Waals surface area contributed by atoms with E-state index in [1.807, 2.05) is 0 Å². The van der Waals surface area contributed by atoms with Crippen molar-refractivity contribution in [2.45, 2.75) is 103 Å². The van der Waals surface area contributed by atoms with E-state index in [4.69, 9.17) is 5.11 Å². The average Bonchev–Trinajstić information content (AvgIpc) is 3.05. The van der Waals surface area contributed by atoms with Crippen LogP contribution in [-0.2, 0) is 16.0 Å². The lowest BCUT2D eigenvalue weighted by molar-refractivity contribution is -0.137. The summed E-state index contributed by atoms with van der Waals surface area (Å²) in [6.45, 7) is 2.24. The van der Waals surface area contributed by atoms with Gasteiger partial charge in [-0.15, -0.1) is 0 Å². The van der Waals surface area contributed by atoms with Gasteiger partial charge in [-0.25, -0.2) is 0 Å². The van der Waals surface area contributed by atoms with Crippen molar-refractivity contribution < 1.29 is 14.7 Å². The summed E-state index contributed by atoms with van der Waals surface area (Å²) in [4.78, 5) is 22.9. The number of Topliss-reactive ketones (excluding diaryl/α,β-unsaturated/α-hetero) is 1. The first kappa shape index (κ1) is 22.6. The molecule has 0 saturated heterocycles. The molecule has 0 aromatic heterocycles. The molecule has 1 fully saturated rings. The van der Waals surface area contributed by atoms with Gasteiger partial charge in [-0.3, -0.25) is 9.59 Å². The van der Waals surface area contributed by atoms with Gasteiger partial charge in [0.2, 0.25) is 0 Å². The number of benzene rings is 1. The summed E-state index contributed by atoms with van der Waals surface area (Å²) >= 11 is 0. The van der Waals surface area contributed by atoms with Crippen LogP contribution in [-0.4, -0.2) is 16.9 Å². The summed E-state index contributed by atoms with van der Waals surface area (Å²) in [5.41, 5.74) is 2.76. The Balaban J connectivity index is 1.75. The van der Waals surface area contributed by atoms with Gasteiger partial charge in [0.25, 0.3) is 0 Å². The van der Waals surface area contributed by atoms with Gasteiger partial charge in [-0.1, -0.05) is 76.1 Å². The van der Waals surface area contributed by atoms with Gasteiger partial charge in [-0.05, 0) is 49.1 Å². The van der Waals surface area contributed by atoms with Crippen molar-refractivity contribution in [2.75, 3.05) is 0 Å². The number of carboxylic acid groups (broad SMARTS) is 1. The zero-order chi connectivity index (χ0) is 20.2. The van der Waals surface area contributed by atoms with E-state index in [2.05, 4.69) is 31.2 Å². The highest BCUT2D eigenvalue weighted by Gasteiger charge is 2.34. The fraction of sp³-hybridized carbons (Fsp3) is 0.680. The van der Waals surface area contributed by atoms with Gasteiger partial charge in [0.05, 0.1) is 0 Å². The minimum absolute atomic E-state index is 0.189. The van der Waals surface area contributed by atoms with Crippen LogP contribution in [0.4, 0.5) is 0 Å². The fourth-order valence-corrected chi connectivity index (χ4v) is 4.53. The van der Waals surface area contributed by atoms with Crippen LogP contribution in [0.3, 0.4) is 0 Å². The molecule has 2 atom stereocenters. The average molecular weight is 387 g/mol. The summed E-state index contributed by atoms with van der Waals surface area (Å²) in [5.74, 6) is 0.328. The molecule has 28 heavy (non-hydrogen) atoms. The maximum absolute atomic E-state index is 12.4. The highest BCUT2D eigenvalue weighted by molar-refractivity contribution is 5.84. The molecule has 156 valence electrons. The highest BCUT2D eigenvalue weighted by atomic mass is 16.4. The molecule has 0 aliphatic heterocycles. The molecule has 3 heteroatoms. The first-order chi connectivity index (χ1) is 13.6. The molecule has 0 heterocycles. The lowest BCUT2D eigenvalue weighted by Gasteiger charge is -2.19. The van der Waals surface area contributed by atoms with Gasteiger partial charge < -0.3 is 5.11 Å². The number of hydrogen-bond donors (Lipinski definition) is 1. The molecule has 0 spiro atoms. The summed E-state index contributed by atoms with van der Waals surface area (Å²) < 4.78 is 0. The van der Waals surface area contributed by atoms with E-state index < -0.39 is 5.97 Å². The minimum Gasteiger partial charge on any atom is -0.481 e. The van der Waals surface area contributed by atoms with Gasteiger partial charge in [-0.2, -0.15) is 0 Å². The molecule has 0 bridgehead atoms. The summed E-state index contributed by atoms with van der Waals surface area (Å²) in [7, 11) is 0. The molecule has 1 aromatic carbocycles. The first-order valence-electron chi connectivity index (χ1n) is 11.4. The third-order valence-electron chi connectivity index (χ3n) is 6.23. The predicted octanol–water partition coefficient (Wildman–Crippen LogP) is 6.69. The fourth-order valence-electron chi connectivity index (χ4n) is 4.53. The second-order valence-corrected chi connectivity index (χ2v) is 8.47. The topological polar surface area (TPSA) is 54.4 Å². The van der Waals surface area contributed by atoms with E-state index in [1.165, 1.54) is 36.8 Å². The number of carbonyl (C=O) groups excluding carboxylic acids is 1. The minimum atomic E-state index is -0.702. The molecule has 1 aromatic rings. The Morgan fingerprint density at radius 1 is 0.964 bits per heavy atom. The summed E-state index contributed by atoms with van der Waals surface area (Å²) in [6, 6.07) is 9.06. The molecule has 0 radical (unpaired) electrons. The molecule has 1 unspecified atom stereocenters. The molecule has 1 saturated carbocycles. The van der Waals surface area contributed by atoms with E-state index in [-0.39, 0.29) is 12.3 Å². The van der Waals surface area contributed by atoms with E-state index >= 15 is 0 Å². The third-order valence-corrected chi connectivity index (χ3v) is 6.23. The van der Waals surface area contributed by atoms with Crippen molar-refractivity contribution in [2.24, 2.45) is 5.92 Å². The van der Waals surface area contributed by atoms with Gasteiger partial charge in [0, 0.05) is 18.8 Å². The van der Waals surface area contributed by atoms with Crippen molar-refractivity contribution in [3.8, 4) is 0 Å². The Morgan fingerprint density at radius 2 is 1.64 bits per heavy atom. The van der Waals surface area contributed by atoms with Gasteiger partial charge >= 0.3 is 5.97 Å². The molecule has 3 nitrogen and oxygen atoms in total. The third kappa shape index (κ3) is 7.77. The smallest absolute Gasteiger partial charge is 0.303 e. The molecule has 1 aliphatic rings. The summed E-state index contributed by atoms with van der Waals surface area (Å²) in [5, 5.41) is 8.67. The van der Waals surface area contributed by atoms with Crippen LogP contribution in [0.5, 0.6) is 0 Å². The molecule has 1 aliphatic carbocycles. The van der Waals surface area contributed by atoms with E-state index in [0.717, 1.165) is 57.8 Å². The Morgan fingerprint density at radius 3 is 2.36 bits per heavy atom. The van der Waals surface area contributed by atoms with Crippen LogP contribution in [0.2, 0.25) is 0 Å². The van der Waals surface area contributed by atoms with Crippen LogP contribution in [0.1, 0.15) is 107 Å². The Kier molecular flexibility index (Phi) is 10.3. The largest absolute Gasteiger partial charge is 0.481 e. The SMILES string of the molecule is CCCCCCc1ccc(C2CCC(=O)[C@@H]2CCCCCCCC(=O)O)cc1. The van der Waals surface area contributed by atoms with Crippen LogP contribution >= 0.6 is 0 Å². The Bertz CT molecular complexity index is 590. The normalized spacial score (nSPS) is 19.2. The Hall–Kier alpha value is -1.64. The lowest BCUT2D eigenvalue weighted by atomic mass is 9.84. The molecule has 2 rings (SSSR count). The molecular weight excluding hydrogens is 348 g/mol. The maximum Gasteiger partial charge on any atom is 0.303 e. The van der Waals surface area contributed by atoms with Gasteiger partial charge in [0.15, 0.2) is 0 Å². The number of carbonyl (C=O) groups is 2. The lowest BCUT2D eigenvalue weighted by Crippen LogP contribution is -2.13. The van der Waals surface area contributed by atoms with E-state index in [0.29, 0.717) is 11.7 Å². The number of carboxylic acids is 1. The number of ketones is 1. The van der Waals surface area contributed by atoms with Crippen molar-refractivity contribution in [1.29, 1.82) is 0 Å². The molecule has 0 amide bonds. The van der Waals surface area contributed by atoms with Gasteiger partial charge in [0.1, 0.15) is 5.78 Å². The number of unbranched alkanes of at least 4 members (excludes halogenated alkanes) is 7. The van der Waals surface area contributed by atoms with Crippen molar-refractivity contribution in [3.05, 3.63) is 35.4 Å². The molecular formula is C25H38O3. The first-order valence-corrected chi connectivity index (χ1v) is 11.4. The van der Waals surface area contributed by atoms with E-state index in [1.54, 1.807) is 0 Å². The zero-order valence-corrected chi connectivity index (χ0v) is 17.6. The van der Waals surface area contributed by atoms with Crippen LogP contribution in [0.25, 0.3) is 0 Å². The van der Waals surface area contributed by atoms with Crippen LogP contribution in [0.15, 0.2) is 24.3 Å². The van der Waals surface area contributed by atoms with Crippen molar-refractivity contribution >= 4 is 11.8 Å². The summed E-state index contributed by atoms with van der Waals surface area (Å²) in [6.07, 6.45) is 14.3. The number of aryl methyl sites for hydroxylation is 1. The van der Waals surface area contributed by atoms with E-state index in [9.17, 15) is 9.59 Å². The van der Waals surface area contributed by atoms with Crippen molar-refractivity contribution in [1.82, 2.24) is 0 Å². The quantitative estimate of drug-likeness (QED) is 0.362. The predicted molar refractivity (Wildman–Crippen MR) is 115 cm³/mol. The van der Waals surface area contributed by atoms with Crippen LogP contribution < -0.4 is 0 Å². The molecule has 1 N–H and O–H groups in total. The second kappa shape index (κ2) is 12.7. The number of aliphatic carboxylic acids is 1. The standard InChI is InChI=1S/C25H38O3/c1-2-3-4-8-11-20-14-16-21(17-15-20)22-18-19-24(26)23(22)12-9-6-5-7-10-13-25(27)28/h14-17,22-23H,2-13,18-19H2,1H3,(H,27,28)/t22?,23-/m1/s1. The Labute approximate surface area is 170 Å². The number of rotatable bonds is 14. The maximum atomic E-state index is 12.4.